The minimum atomic E-state index is -0.634. The SMILES string of the molecule is CC(C)[C@H](N)C(=O)OCCOCCOCCNC(=O)/C(C#N)=C/c1ccc2cc(N3CCCCC3)ccc2c1. The number of ether oxygens (including phenoxy) is 3. The molecule has 0 aliphatic carbocycles. The Labute approximate surface area is 230 Å². The number of benzene rings is 2. The van der Waals surface area contributed by atoms with Crippen molar-refractivity contribution in [2.24, 2.45) is 11.7 Å². The molecule has 2 aromatic rings. The van der Waals surface area contributed by atoms with Crippen LogP contribution in [0.5, 0.6) is 0 Å². The fourth-order valence-corrected chi connectivity index (χ4v) is 4.23. The molecule has 1 fully saturated rings. The van der Waals surface area contributed by atoms with Crippen LogP contribution in [0, 0.1) is 17.2 Å². The quantitative estimate of drug-likeness (QED) is 0.163. The number of amides is 1. The van der Waals surface area contributed by atoms with Gasteiger partial charge in [0.05, 0.1) is 26.4 Å². The molecular weight excluding hydrogens is 496 g/mol. The molecule has 0 spiro atoms. The molecule has 0 saturated carbocycles. The fourth-order valence-electron chi connectivity index (χ4n) is 4.23. The molecule has 0 bridgehead atoms. The molecule has 2 aromatic carbocycles. The molecule has 3 N–H and O–H groups in total. The average Bonchev–Trinajstić information content (AvgIpc) is 2.96. The van der Waals surface area contributed by atoms with Crippen molar-refractivity contribution in [3.63, 3.8) is 0 Å². The molecule has 9 heteroatoms. The number of fused-ring (bicyclic) bond motifs is 1. The number of hydrogen-bond acceptors (Lipinski definition) is 8. The lowest BCUT2D eigenvalue weighted by molar-refractivity contribution is -0.148. The van der Waals surface area contributed by atoms with Gasteiger partial charge in [0.15, 0.2) is 0 Å². The Morgan fingerprint density at radius 1 is 1.00 bits per heavy atom. The first-order valence-corrected chi connectivity index (χ1v) is 13.7. The lowest BCUT2D eigenvalue weighted by atomic mass is 10.0. The van der Waals surface area contributed by atoms with Crippen molar-refractivity contribution in [2.75, 3.05) is 57.6 Å². The average molecular weight is 537 g/mol. The lowest BCUT2D eigenvalue weighted by Crippen LogP contribution is -2.37. The highest BCUT2D eigenvalue weighted by atomic mass is 16.6. The van der Waals surface area contributed by atoms with E-state index in [9.17, 15) is 14.9 Å². The highest BCUT2D eigenvalue weighted by Crippen LogP contribution is 2.26. The molecule has 39 heavy (non-hydrogen) atoms. The topological polar surface area (TPSA) is 127 Å². The minimum Gasteiger partial charge on any atom is -0.462 e. The first-order valence-electron chi connectivity index (χ1n) is 13.7. The van der Waals surface area contributed by atoms with Gasteiger partial charge in [-0.1, -0.05) is 32.0 Å². The number of rotatable bonds is 14. The summed E-state index contributed by atoms with van der Waals surface area (Å²) in [6.45, 7) is 7.49. The summed E-state index contributed by atoms with van der Waals surface area (Å²) in [5, 5.41) is 14.4. The van der Waals surface area contributed by atoms with Gasteiger partial charge in [-0.3, -0.25) is 9.59 Å². The van der Waals surface area contributed by atoms with Crippen molar-refractivity contribution in [3.05, 3.63) is 47.5 Å². The Morgan fingerprint density at radius 2 is 1.67 bits per heavy atom. The molecule has 0 radical (unpaired) electrons. The molecule has 0 aromatic heterocycles. The van der Waals surface area contributed by atoms with E-state index in [2.05, 4.69) is 28.4 Å². The van der Waals surface area contributed by atoms with E-state index in [0.717, 1.165) is 29.4 Å². The van der Waals surface area contributed by atoms with Crippen molar-refractivity contribution in [1.82, 2.24) is 5.32 Å². The first kappa shape index (κ1) is 30.1. The van der Waals surface area contributed by atoms with Gasteiger partial charge in [0.25, 0.3) is 5.91 Å². The van der Waals surface area contributed by atoms with E-state index in [-0.39, 0.29) is 37.9 Å². The van der Waals surface area contributed by atoms with Crippen LogP contribution in [0.4, 0.5) is 5.69 Å². The molecule has 1 atom stereocenters. The van der Waals surface area contributed by atoms with Crippen molar-refractivity contribution < 1.29 is 23.8 Å². The number of carbonyl (C=O) groups is 2. The number of carbonyl (C=O) groups excluding carboxylic acids is 2. The Balaban J connectivity index is 1.36. The maximum absolute atomic E-state index is 12.5. The van der Waals surface area contributed by atoms with Gasteiger partial charge < -0.3 is 30.2 Å². The number of esters is 1. The highest BCUT2D eigenvalue weighted by molar-refractivity contribution is 6.02. The second-order valence-corrected chi connectivity index (χ2v) is 9.93. The number of nitriles is 1. The second-order valence-electron chi connectivity index (χ2n) is 9.93. The van der Waals surface area contributed by atoms with Crippen LogP contribution in [0.15, 0.2) is 42.0 Å². The number of nitrogens with one attached hydrogen (secondary N) is 1. The van der Waals surface area contributed by atoms with Crippen LogP contribution >= 0.6 is 0 Å². The van der Waals surface area contributed by atoms with Crippen molar-refractivity contribution in [3.8, 4) is 6.07 Å². The predicted octanol–water partition coefficient (Wildman–Crippen LogP) is 3.41. The first-order chi connectivity index (χ1) is 18.9. The zero-order valence-electron chi connectivity index (χ0n) is 23.0. The van der Waals surface area contributed by atoms with Crippen LogP contribution in [-0.2, 0) is 23.8 Å². The number of piperidine rings is 1. The predicted molar refractivity (Wildman–Crippen MR) is 152 cm³/mol. The molecule has 1 aliphatic heterocycles. The van der Waals surface area contributed by atoms with Gasteiger partial charge in [-0.2, -0.15) is 5.26 Å². The molecule has 3 rings (SSSR count). The molecule has 1 saturated heterocycles. The van der Waals surface area contributed by atoms with E-state index in [1.165, 1.54) is 24.9 Å². The highest BCUT2D eigenvalue weighted by Gasteiger charge is 2.18. The van der Waals surface area contributed by atoms with Gasteiger partial charge >= 0.3 is 5.97 Å². The Morgan fingerprint density at radius 3 is 2.38 bits per heavy atom. The van der Waals surface area contributed by atoms with Crippen LogP contribution in [0.1, 0.15) is 38.7 Å². The van der Waals surface area contributed by atoms with Gasteiger partial charge in [0.1, 0.15) is 24.3 Å². The summed E-state index contributed by atoms with van der Waals surface area (Å²) in [4.78, 5) is 26.5. The standard InChI is InChI=1S/C30H40N4O5/c1-22(2)28(32)30(36)39-17-16-38-15-14-37-13-10-33-29(35)26(21-31)19-23-6-7-25-20-27(9-8-24(25)18-23)34-11-4-3-5-12-34/h6-9,18-20,22,28H,3-5,10-17,32H2,1-2H3,(H,33,35)/b26-19+/t28-/m0/s1. The minimum absolute atomic E-state index is 0.0173. The van der Waals surface area contributed by atoms with Gasteiger partial charge in [-0.25, -0.2) is 0 Å². The Hall–Kier alpha value is -3.45. The van der Waals surface area contributed by atoms with E-state index in [4.69, 9.17) is 19.9 Å². The molecule has 9 nitrogen and oxygen atoms in total. The molecule has 0 unspecified atom stereocenters. The third-order valence-corrected chi connectivity index (χ3v) is 6.61. The van der Waals surface area contributed by atoms with Crippen LogP contribution in [-0.4, -0.2) is 70.6 Å². The number of nitrogens with zero attached hydrogens (tertiary/aromatic N) is 2. The number of nitrogens with two attached hydrogens (primary N) is 1. The normalized spacial score (nSPS) is 14.7. The van der Waals surface area contributed by atoms with Gasteiger partial charge in [0, 0.05) is 25.3 Å². The third kappa shape index (κ3) is 9.66. The van der Waals surface area contributed by atoms with Crippen LogP contribution in [0.25, 0.3) is 16.8 Å². The smallest absolute Gasteiger partial charge is 0.323 e. The van der Waals surface area contributed by atoms with Gasteiger partial charge in [0.2, 0.25) is 0 Å². The summed E-state index contributed by atoms with van der Waals surface area (Å²) < 4.78 is 15.8. The molecular formula is C30H40N4O5. The van der Waals surface area contributed by atoms with Crippen molar-refractivity contribution in [1.29, 1.82) is 5.26 Å². The molecule has 1 aliphatic rings. The van der Waals surface area contributed by atoms with Crippen molar-refractivity contribution in [2.45, 2.75) is 39.2 Å². The monoisotopic (exact) mass is 536 g/mol. The second kappa shape index (κ2) is 15.8. The van der Waals surface area contributed by atoms with Gasteiger partial charge in [-0.15, -0.1) is 0 Å². The summed E-state index contributed by atoms with van der Waals surface area (Å²) in [7, 11) is 0. The van der Waals surface area contributed by atoms with E-state index in [0.29, 0.717) is 13.2 Å². The van der Waals surface area contributed by atoms with Crippen LogP contribution < -0.4 is 16.0 Å². The molecule has 210 valence electrons. The molecule has 1 heterocycles. The summed E-state index contributed by atoms with van der Waals surface area (Å²) >= 11 is 0. The summed E-state index contributed by atoms with van der Waals surface area (Å²) in [6.07, 6.45) is 5.36. The van der Waals surface area contributed by atoms with Gasteiger partial charge in [-0.05, 0) is 65.8 Å². The van der Waals surface area contributed by atoms with E-state index in [1.54, 1.807) is 6.08 Å². The maximum Gasteiger partial charge on any atom is 0.323 e. The maximum atomic E-state index is 12.5. The Kier molecular flexibility index (Phi) is 12.2. The zero-order valence-corrected chi connectivity index (χ0v) is 23.0. The largest absolute Gasteiger partial charge is 0.462 e. The molecule has 1 amide bonds. The van der Waals surface area contributed by atoms with Crippen LogP contribution in [0.2, 0.25) is 0 Å². The lowest BCUT2D eigenvalue weighted by Gasteiger charge is -2.29. The Bertz CT molecular complexity index is 1170. The van der Waals surface area contributed by atoms with E-state index < -0.39 is 17.9 Å². The van der Waals surface area contributed by atoms with Crippen molar-refractivity contribution >= 4 is 34.4 Å². The fraction of sp³-hybridized carbons (Fsp3) is 0.500. The summed E-state index contributed by atoms with van der Waals surface area (Å²) in [6, 6.07) is 13.7. The van der Waals surface area contributed by atoms with E-state index >= 15 is 0 Å². The van der Waals surface area contributed by atoms with Crippen LogP contribution in [0.3, 0.4) is 0 Å². The van der Waals surface area contributed by atoms with E-state index in [1.807, 2.05) is 38.1 Å². The summed E-state index contributed by atoms with van der Waals surface area (Å²) in [5.41, 5.74) is 7.79. The zero-order chi connectivity index (χ0) is 28.0. The number of anilines is 1. The third-order valence-electron chi connectivity index (χ3n) is 6.61. The summed E-state index contributed by atoms with van der Waals surface area (Å²) in [5.74, 6) is -0.864. The number of hydrogen-bond donors (Lipinski definition) is 2.